The van der Waals surface area contributed by atoms with Crippen LogP contribution in [-0.4, -0.2) is 26.5 Å². The zero-order valence-electron chi connectivity index (χ0n) is 12.8. The van der Waals surface area contributed by atoms with Crippen LogP contribution in [0.4, 0.5) is 0 Å². The second-order valence-corrected chi connectivity index (χ2v) is 5.45. The largest absolute Gasteiger partial charge is 0.310 e. The highest BCUT2D eigenvalue weighted by Crippen LogP contribution is 2.26. The van der Waals surface area contributed by atoms with Crippen molar-refractivity contribution >= 4 is 11.6 Å². The van der Waals surface area contributed by atoms with Crippen molar-refractivity contribution < 1.29 is 0 Å². The number of hydrogen-bond acceptors (Lipinski definition) is 4. The van der Waals surface area contributed by atoms with Gasteiger partial charge in [-0.05, 0) is 31.0 Å². The normalized spacial score (nSPS) is 12.6. The molecule has 0 fully saturated rings. The number of nitrogens with zero attached hydrogens (tertiary/aromatic N) is 4. The van der Waals surface area contributed by atoms with E-state index in [4.69, 9.17) is 11.6 Å². The van der Waals surface area contributed by atoms with E-state index in [1.54, 1.807) is 12.4 Å². The lowest BCUT2D eigenvalue weighted by atomic mass is 10.0. The molecule has 0 amide bonds. The van der Waals surface area contributed by atoms with Gasteiger partial charge in [0, 0.05) is 25.7 Å². The molecule has 1 unspecified atom stereocenters. The highest BCUT2D eigenvalue weighted by molar-refractivity contribution is 6.31. The molecular formula is C15H22ClN5. The van der Waals surface area contributed by atoms with Crippen LogP contribution in [0.3, 0.4) is 0 Å². The van der Waals surface area contributed by atoms with Crippen LogP contribution < -0.4 is 5.32 Å². The Morgan fingerprint density at radius 1 is 1.33 bits per heavy atom. The molecule has 0 saturated heterocycles. The topological polar surface area (TPSA) is 55.6 Å². The van der Waals surface area contributed by atoms with Gasteiger partial charge >= 0.3 is 0 Å². The molecule has 0 aliphatic rings. The van der Waals surface area contributed by atoms with Crippen LogP contribution in [0, 0.1) is 0 Å². The van der Waals surface area contributed by atoms with E-state index >= 15 is 0 Å². The van der Waals surface area contributed by atoms with Crippen molar-refractivity contribution in [2.45, 2.75) is 39.2 Å². The van der Waals surface area contributed by atoms with Crippen LogP contribution in [0.1, 0.15) is 43.3 Å². The lowest BCUT2D eigenvalue weighted by Crippen LogP contribution is -2.25. The van der Waals surface area contributed by atoms with Gasteiger partial charge in [-0.3, -0.25) is 4.68 Å². The van der Waals surface area contributed by atoms with Crippen LogP contribution in [0.2, 0.25) is 5.02 Å². The molecule has 0 spiro atoms. The van der Waals surface area contributed by atoms with E-state index in [9.17, 15) is 0 Å². The molecular weight excluding hydrogens is 286 g/mol. The van der Waals surface area contributed by atoms with E-state index in [0.717, 1.165) is 47.8 Å². The summed E-state index contributed by atoms with van der Waals surface area (Å²) in [5.74, 6) is 0. The Bertz CT molecular complexity index is 567. The molecule has 0 aromatic carbocycles. The predicted octanol–water partition coefficient (Wildman–Crippen LogP) is 2.71. The van der Waals surface area contributed by atoms with E-state index in [2.05, 4.69) is 34.5 Å². The molecule has 2 aromatic heterocycles. The van der Waals surface area contributed by atoms with Crippen molar-refractivity contribution in [3.63, 3.8) is 0 Å². The molecule has 1 N–H and O–H groups in total. The van der Waals surface area contributed by atoms with E-state index in [1.807, 2.05) is 17.8 Å². The Balaban J connectivity index is 2.25. The molecule has 0 saturated carbocycles. The summed E-state index contributed by atoms with van der Waals surface area (Å²) in [5, 5.41) is 16.6. The van der Waals surface area contributed by atoms with Crippen LogP contribution in [0.15, 0.2) is 18.5 Å². The number of rotatable bonds is 7. The number of halogens is 1. The minimum absolute atomic E-state index is 0.165. The third-order valence-corrected chi connectivity index (χ3v) is 3.99. The quantitative estimate of drug-likeness (QED) is 0.854. The van der Waals surface area contributed by atoms with Crippen molar-refractivity contribution in [1.29, 1.82) is 0 Å². The summed E-state index contributed by atoms with van der Waals surface area (Å²) in [6, 6.07) is 2.16. The Hall–Kier alpha value is -1.46. The Morgan fingerprint density at radius 2 is 2.14 bits per heavy atom. The van der Waals surface area contributed by atoms with Crippen molar-refractivity contribution in [1.82, 2.24) is 25.3 Å². The molecule has 2 aromatic rings. The molecule has 0 bridgehead atoms. The van der Waals surface area contributed by atoms with Gasteiger partial charge in [0.25, 0.3) is 0 Å². The molecule has 0 radical (unpaired) electrons. The molecule has 6 heteroatoms. The first-order valence-corrected chi connectivity index (χ1v) is 7.75. The summed E-state index contributed by atoms with van der Waals surface area (Å²) in [4.78, 5) is 0. The third-order valence-electron chi connectivity index (χ3n) is 3.55. The minimum atomic E-state index is 0.165. The van der Waals surface area contributed by atoms with E-state index in [0.29, 0.717) is 0 Å². The molecule has 0 aliphatic carbocycles. The highest BCUT2D eigenvalue weighted by atomic mass is 35.5. The van der Waals surface area contributed by atoms with E-state index < -0.39 is 0 Å². The van der Waals surface area contributed by atoms with Crippen molar-refractivity contribution in [3.8, 4) is 0 Å². The van der Waals surface area contributed by atoms with Gasteiger partial charge in [-0.25, -0.2) is 0 Å². The summed E-state index contributed by atoms with van der Waals surface area (Å²) >= 11 is 6.46. The molecule has 114 valence electrons. The zero-order valence-corrected chi connectivity index (χ0v) is 13.6. The van der Waals surface area contributed by atoms with Gasteiger partial charge in [0.1, 0.15) is 0 Å². The van der Waals surface area contributed by atoms with Crippen molar-refractivity contribution in [3.05, 3.63) is 40.4 Å². The maximum atomic E-state index is 6.46. The Labute approximate surface area is 130 Å². The summed E-state index contributed by atoms with van der Waals surface area (Å²) in [6.45, 7) is 5.17. The first-order chi connectivity index (χ1) is 10.2. The summed E-state index contributed by atoms with van der Waals surface area (Å²) in [5.41, 5.74) is 3.13. The fraction of sp³-hybridized carbons (Fsp3) is 0.533. The number of nitrogens with one attached hydrogen (secondary N) is 1. The number of aryl methyl sites for hydroxylation is 2. The average Bonchev–Trinajstić information content (AvgIpc) is 2.79. The smallest absolute Gasteiger partial charge is 0.0850 e. The van der Waals surface area contributed by atoms with Gasteiger partial charge in [0.2, 0.25) is 0 Å². The van der Waals surface area contributed by atoms with Gasteiger partial charge < -0.3 is 5.32 Å². The lowest BCUT2D eigenvalue weighted by molar-refractivity contribution is 0.510. The first kappa shape index (κ1) is 15.9. The van der Waals surface area contributed by atoms with Gasteiger partial charge in [0.05, 0.1) is 22.6 Å². The monoisotopic (exact) mass is 307 g/mol. The van der Waals surface area contributed by atoms with Crippen LogP contribution in [0.25, 0.3) is 0 Å². The van der Waals surface area contributed by atoms with Crippen molar-refractivity contribution in [2.75, 3.05) is 6.54 Å². The molecule has 2 heterocycles. The van der Waals surface area contributed by atoms with E-state index in [1.165, 1.54) is 0 Å². The molecule has 1 atom stereocenters. The predicted molar refractivity (Wildman–Crippen MR) is 84.4 cm³/mol. The zero-order chi connectivity index (χ0) is 15.2. The van der Waals surface area contributed by atoms with Gasteiger partial charge in [-0.15, -0.1) is 0 Å². The number of aromatic nitrogens is 4. The second kappa shape index (κ2) is 7.52. The molecule has 5 nitrogen and oxygen atoms in total. The summed E-state index contributed by atoms with van der Waals surface area (Å²) < 4.78 is 1.89. The molecule has 2 rings (SSSR count). The fourth-order valence-electron chi connectivity index (χ4n) is 2.37. The minimum Gasteiger partial charge on any atom is -0.310 e. The summed E-state index contributed by atoms with van der Waals surface area (Å²) in [7, 11) is 1.95. The highest BCUT2D eigenvalue weighted by Gasteiger charge is 2.19. The molecule has 0 aliphatic heterocycles. The van der Waals surface area contributed by atoms with Gasteiger partial charge in [0.15, 0.2) is 0 Å². The van der Waals surface area contributed by atoms with Crippen LogP contribution in [-0.2, 0) is 19.9 Å². The SMILES string of the molecule is CCCNC(Cc1c(Cl)c(CC)nn1C)c1ccnnc1. The van der Waals surface area contributed by atoms with Crippen LogP contribution in [0.5, 0.6) is 0 Å². The van der Waals surface area contributed by atoms with Crippen LogP contribution >= 0.6 is 11.6 Å². The maximum Gasteiger partial charge on any atom is 0.0850 e. The Kier molecular flexibility index (Phi) is 5.70. The maximum absolute atomic E-state index is 6.46. The lowest BCUT2D eigenvalue weighted by Gasteiger charge is -2.18. The molecule has 21 heavy (non-hydrogen) atoms. The second-order valence-electron chi connectivity index (χ2n) is 5.07. The average molecular weight is 308 g/mol. The summed E-state index contributed by atoms with van der Waals surface area (Å²) in [6.07, 6.45) is 6.23. The van der Waals surface area contributed by atoms with Gasteiger partial charge in [-0.1, -0.05) is 25.4 Å². The first-order valence-electron chi connectivity index (χ1n) is 7.37. The third kappa shape index (κ3) is 3.80. The Morgan fingerprint density at radius 3 is 2.71 bits per heavy atom. The standard InChI is InChI=1S/C15H22ClN5/c1-4-7-17-13(11-6-8-18-19-10-11)9-14-15(16)12(5-2)20-21(14)3/h6,8,10,13,17H,4-5,7,9H2,1-3H3. The fourth-order valence-corrected chi connectivity index (χ4v) is 2.74. The van der Waals surface area contributed by atoms with E-state index in [-0.39, 0.29) is 6.04 Å². The van der Waals surface area contributed by atoms with Crippen molar-refractivity contribution in [2.24, 2.45) is 7.05 Å². The number of hydrogen-bond donors (Lipinski definition) is 1. The van der Waals surface area contributed by atoms with Gasteiger partial charge in [-0.2, -0.15) is 15.3 Å².